The summed E-state index contributed by atoms with van der Waals surface area (Å²) in [6, 6.07) is 18.9. The van der Waals surface area contributed by atoms with Gasteiger partial charge in [-0.1, -0.05) is 53.7 Å². The van der Waals surface area contributed by atoms with Crippen LogP contribution < -0.4 is 5.32 Å². The molecule has 138 valence electrons. The molecule has 6 nitrogen and oxygen atoms in total. The Morgan fingerprint density at radius 2 is 1.78 bits per heavy atom. The molecule has 0 unspecified atom stereocenters. The summed E-state index contributed by atoms with van der Waals surface area (Å²) in [6.07, 6.45) is 1.52. The summed E-state index contributed by atoms with van der Waals surface area (Å²) >= 11 is 0. The number of amides is 1. The van der Waals surface area contributed by atoms with E-state index >= 15 is 0 Å². The summed E-state index contributed by atoms with van der Waals surface area (Å²) in [5, 5.41) is 6.17. The summed E-state index contributed by atoms with van der Waals surface area (Å²) < 4.78 is 10.0. The molecule has 1 N–H and O–H groups in total. The number of hydrogen-bond donors (Lipinski definition) is 1. The number of anilines is 1. The van der Waals surface area contributed by atoms with Gasteiger partial charge in [-0.2, -0.15) is 0 Å². The number of nitrogens with one attached hydrogen (secondary N) is 1. The summed E-state index contributed by atoms with van der Waals surface area (Å²) in [5.41, 5.74) is 2.56. The van der Waals surface area contributed by atoms with Gasteiger partial charge in [0.25, 0.3) is 5.91 Å². The molecule has 0 fully saturated rings. The van der Waals surface area contributed by atoms with Crippen molar-refractivity contribution in [2.24, 2.45) is 0 Å². The Balaban J connectivity index is 1.57. The third-order valence-electron chi connectivity index (χ3n) is 3.99. The zero-order valence-corrected chi connectivity index (χ0v) is 15.0. The quantitative estimate of drug-likeness (QED) is 0.648. The van der Waals surface area contributed by atoms with Crippen LogP contribution in [0.25, 0.3) is 0 Å². The summed E-state index contributed by atoms with van der Waals surface area (Å²) in [6.45, 7) is 1.33. The highest BCUT2D eigenvalue weighted by molar-refractivity contribution is 5.95. The number of rotatable bonds is 7. The van der Waals surface area contributed by atoms with Gasteiger partial charge in [-0.15, -0.1) is 0 Å². The van der Waals surface area contributed by atoms with E-state index in [2.05, 4.69) is 22.6 Å². The number of carbonyl (C=O) groups is 2. The molecule has 1 amide bonds. The lowest BCUT2D eigenvalue weighted by atomic mass is 10.00. The fourth-order valence-corrected chi connectivity index (χ4v) is 2.67. The summed E-state index contributed by atoms with van der Waals surface area (Å²) in [4.78, 5) is 24.3. The lowest BCUT2D eigenvalue weighted by Gasteiger charge is -2.09. The van der Waals surface area contributed by atoms with Gasteiger partial charge in [0.15, 0.2) is 12.4 Å². The average molecular weight is 364 g/mol. The predicted octanol–water partition coefficient (Wildman–Crippen LogP) is 3.56. The standard InChI is InChI=1S/C21H20N2O4/c1-15-13-19(23-27-15)22-20(24)14-26-21(25)18-10-6-5-9-17(18)12-11-16-7-3-2-4-8-16/h2-10,13H,11-12,14H2,1H3,(H,22,23,24). The van der Waals surface area contributed by atoms with Crippen molar-refractivity contribution in [2.75, 3.05) is 11.9 Å². The van der Waals surface area contributed by atoms with E-state index in [1.165, 1.54) is 5.56 Å². The van der Waals surface area contributed by atoms with Crippen LogP contribution in [0, 0.1) is 6.92 Å². The zero-order chi connectivity index (χ0) is 19.1. The van der Waals surface area contributed by atoms with Crippen LogP contribution in [0.4, 0.5) is 5.82 Å². The minimum absolute atomic E-state index is 0.289. The molecule has 0 aliphatic carbocycles. The second-order valence-electron chi connectivity index (χ2n) is 6.09. The van der Waals surface area contributed by atoms with Crippen molar-refractivity contribution < 1.29 is 18.8 Å². The maximum Gasteiger partial charge on any atom is 0.338 e. The van der Waals surface area contributed by atoms with Gasteiger partial charge in [-0.3, -0.25) is 4.79 Å². The van der Waals surface area contributed by atoms with Crippen LogP contribution in [-0.2, 0) is 22.4 Å². The van der Waals surface area contributed by atoms with Gasteiger partial charge in [0.05, 0.1) is 5.56 Å². The van der Waals surface area contributed by atoms with E-state index in [1.807, 2.05) is 30.3 Å². The van der Waals surface area contributed by atoms with Crippen LogP contribution in [0.5, 0.6) is 0 Å². The molecule has 2 aromatic carbocycles. The minimum Gasteiger partial charge on any atom is -0.452 e. The number of hydrogen-bond acceptors (Lipinski definition) is 5. The zero-order valence-electron chi connectivity index (χ0n) is 15.0. The number of esters is 1. The molecule has 27 heavy (non-hydrogen) atoms. The van der Waals surface area contributed by atoms with E-state index in [9.17, 15) is 9.59 Å². The maximum atomic E-state index is 12.4. The van der Waals surface area contributed by atoms with Gasteiger partial charge in [-0.05, 0) is 37.0 Å². The van der Waals surface area contributed by atoms with Gasteiger partial charge >= 0.3 is 5.97 Å². The van der Waals surface area contributed by atoms with Crippen LogP contribution >= 0.6 is 0 Å². The summed E-state index contributed by atoms with van der Waals surface area (Å²) in [5.74, 6) is -0.130. The van der Waals surface area contributed by atoms with Crippen LogP contribution in [0.3, 0.4) is 0 Å². The van der Waals surface area contributed by atoms with Gasteiger partial charge in [0.2, 0.25) is 0 Å². The number of aromatic nitrogens is 1. The van der Waals surface area contributed by atoms with E-state index in [0.717, 1.165) is 12.0 Å². The number of carbonyl (C=O) groups excluding carboxylic acids is 2. The van der Waals surface area contributed by atoms with Crippen molar-refractivity contribution in [3.8, 4) is 0 Å². The number of nitrogens with zero attached hydrogens (tertiary/aromatic N) is 1. The molecule has 3 rings (SSSR count). The van der Waals surface area contributed by atoms with Crippen LogP contribution in [0.15, 0.2) is 65.2 Å². The largest absolute Gasteiger partial charge is 0.452 e. The normalized spacial score (nSPS) is 10.4. The Kier molecular flexibility index (Phi) is 5.99. The maximum absolute atomic E-state index is 12.4. The van der Waals surface area contributed by atoms with Gasteiger partial charge in [0, 0.05) is 6.07 Å². The summed E-state index contributed by atoms with van der Waals surface area (Å²) in [7, 11) is 0. The first-order chi connectivity index (χ1) is 13.1. The first kappa shape index (κ1) is 18.4. The van der Waals surface area contributed by atoms with E-state index in [1.54, 1.807) is 25.1 Å². The third kappa shape index (κ3) is 5.28. The molecule has 3 aromatic rings. The minimum atomic E-state index is -0.523. The Morgan fingerprint density at radius 1 is 1.04 bits per heavy atom. The van der Waals surface area contributed by atoms with Gasteiger partial charge < -0.3 is 14.6 Å². The molecule has 0 bridgehead atoms. The Bertz CT molecular complexity index is 919. The van der Waals surface area contributed by atoms with Crippen molar-refractivity contribution in [3.63, 3.8) is 0 Å². The van der Waals surface area contributed by atoms with Crippen molar-refractivity contribution in [1.29, 1.82) is 0 Å². The highest BCUT2D eigenvalue weighted by atomic mass is 16.5. The Labute approximate surface area is 157 Å². The van der Waals surface area contributed by atoms with Gasteiger partial charge in [0.1, 0.15) is 5.76 Å². The molecule has 0 aliphatic rings. The molecule has 0 aliphatic heterocycles. The SMILES string of the molecule is Cc1cc(NC(=O)COC(=O)c2ccccc2CCc2ccccc2)no1. The molecule has 0 saturated carbocycles. The van der Waals surface area contributed by atoms with E-state index in [0.29, 0.717) is 17.7 Å². The highest BCUT2D eigenvalue weighted by Gasteiger charge is 2.15. The van der Waals surface area contributed by atoms with Gasteiger partial charge in [-0.25, -0.2) is 4.79 Å². The average Bonchev–Trinajstić information content (AvgIpc) is 3.10. The molecule has 6 heteroatoms. The number of aryl methyl sites for hydroxylation is 3. The van der Waals surface area contributed by atoms with E-state index < -0.39 is 18.5 Å². The van der Waals surface area contributed by atoms with Crippen molar-refractivity contribution in [2.45, 2.75) is 19.8 Å². The lowest BCUT2D eigenvalue weighted by Crippen LogP contribution is -2.21. The molecule has 0 spiro atoms. The molecular weight excluding hydrogens is 344 g/mol. The first-order valence-corrected chi connectivity index (χ1v) is 8.64. The monoisotopic (exact) mass is 364 g/mol. The highest BCUT2D eigenvalue weighted by Crippen LogP contribution is 2.14. The van der Waals surface area contributed by atoms with Crippen molar-refractivity contribution >= 4 is 17.7 Å². The Hall–Kier alpha value is -3.41. The van der Waals surface area contributed by atoms with Crippen LogP contribution in [-0.4, -0.2) is 23.6 Å². The Morgan fingerprint density at radius 3 is 2.52 bits per heavy atom. The molecule has 0 radical (unpaired) electrons. The lowest BCUT2D eigenvalue weighted by molar-refractivity contribution is -0.119. The van der Waals surface area contributed by atoms with Crippen LogP contribution in [0.1, 0.15) is 27.2 Å². The second kappa shape index (κ2) is 8.80. The number of ether oxygens (including phenoxy) is 1. The molecule has 0 saturated heterocycles. The third-order valence-corrected chi connectivity index (χ3v) is 3.99. The molecular formula is C21H20N2O4. The van der Waals surface area contributed by atoms with E-state index in [4.69, 9.17) is 9.26 Å². The molecule has 1 aromatic heterocycles. The molecule has 0 atom stereocenters. The smallest absolute Gasteiger partial charge is 0.338 e. The first-order valence-electron chi connectivity index (χ1n) is 8.64. The predicted molar refractivity (Wildman–Crippen MR) is 100 cm³/mol. The number of benzene rings is 2. The fraction of sp³-hybridized carbons (Fsp3) is 0.190. The van der Waals surface area contributed by atoms with E-state index in [-0.39, 0.29) is 5.82 Å². The van der Waals surface area contributed by atoms with Crippen molar-refractivity contribution in [3.05, 3.63) is 83.1 Å². The van der Waals surface area contributed by atoms with Crippen molar-refractivity contribution in [1.82, 2.24) is 5.16 Å². The molecule has 1 heterocycles. The topological polar surface area (TPSA) is 81.4 Å². The van der Waals surface area contributed by atoms with Crippen LogP contribution in [0.2, 0.25) is 0 Å². The fourth-order valence-electron chi connectivity index (χ4n) is 2.67. The second-order valence-corrected chi connectivity index (χ2v) is 6.09.